The lowest BCUT2D eigenvalue weighted by Gasteiger charge is -2.17. The van der Waals surface area contributed by atoms with E-state index in [1.54, 1.807) is 14.0 Å². The maximum absolute atomic E-state index is 11.9. The smallest absolute Gasteiger partial charge is 0.260 e. The van der Waals surface area contributed by atoms with Crippen molar-refractivity contribution in [3.8, 4) is 5.75 Å². The molecule has 0 spiro atoms. The van der Waals surface area contributed by atoms with Gasteiger partial charge in [0.1, 0.15) is 5.75 Å². The first kappa shape index (κ1) is 17.5. The van der Waals surface area contributed by atoms with Crippen molar-refractivity contribution in [1.82, 2.24) is 10.6 Å². The fraction of sp³-hybridized carbons (Fsp3) is 0.562. The Bertz CT molecular complexity index is 437. The Morgan fingerprint density at radius 2 is 2.10 bits per heavy atom. The molecule has 1 aromatic rings. The molecule has 0 fully saturated rings. The number of nitrogens with one attached hydrogen (secondary N) is 2. The van der Waals surface area contributed by atoms with Crippen LogP contribution in [-0.2, 0) is 9.53 Å². The highest BCUT2D eigenvalue weighted by atomic mass is 16.5. The van der Waals surface area contributed by atoms with Crippen molar-refractivity contribution >= 4 is 5.91 Å². The molecule has 0 aliphatic carbocycles. The van der Waals surface area contributed by atoms with Crippen LogP contribution in [0.4, 0.5) is 0 Å². The summed E-state index contributed by atoms with van der Waals surface area (Å²) < 4.78 is 10.6. The van der Waals surface area contributed by atoms with Crippen molar-refractivity contribution in [3.05, 3.63) is 29.8 Å². The molecule has 0 bridgehead atoms. The minimum Gasteiger partial charge on any atom is -0.481 e. The van der Waals surface area contributed by atoms with E-state index in [1.807, 2.05) is 31.3 Å². The first-order valence-corrected chi connectivity index (χ1v) is 7.29. The first-order chi connectivity index (χ1) is 10.1. The van der Waals surface area contributed by atoms with E-state index in [2.05, 4.69) is 17.6 Å². The number of methoxy groups -OCH3 is 1. The van der Waals surface area contributed by atoms with Crippen LogP contribution in [0.5, 0.6) is 5.75 Å². The maximum atomic E-state index is 11.9. The van der Waals surface area contributed by atoms with Crippen LogP contribution in [0.25, 0.3) is 0 Å². The molecule has 0 aliphatic rings. The number of amides is 1. The Labute approximate surface area is 127 Å². The molecule has 5 nitrogen and oxygen atoms in total. The van der Waals surface area contributed by atoms with Crippen molar-refractivity contribution in [2.24, 2.45) is 0 Å². The van der Waals surface area contributed by atoms with Gasteiger partial charge in [-0.05, 0) is 45.0 Å². The summed E-state index contributed by atoms with van der Waals surface area (Å²) in [6, 6.07) is 8.02. The van der Waals surface area contributed by atoms with E-state index < -0.39 is 6.10 Å². The average Bonchev–Trinajstić information content (AvgIpc) is 2.50. The number of carbonyl (C=O) groups is 1. The topological polar surface area (TPSA) is 59.6 Å². The quantitative estimate of drug-likeness (QED) is 0.683. The van der Waals surface area contributed by atoms with Crippen molar-refractivity contribution in [1.29, 1.82) is 0 Å². The second-order valence-corrected chi connectivity index (χ2v) is 4.98. The predicted molar refractivity (Wildman–Crippen MR) is 83.5 cm³/mol. The van der Waals surface area contributed by atoms with Crippen molar-refractivity contribution in [3.63, 3.8) is 0 Å². The molecule has 1 rings (SSSR count). The van der Waals surface area contributed by atoms with Crippen LogP contribution in [0.1, 0.15) is 31.9 Å². The van der Waals surface area contributed by atoms with E-state index >= 15 is 0 Å². The van der Waals surface area contributed by atoms with E-state index in [0.717, 1.165) is 12.0 Å². The van der Waals surface area contributed by atoms with Crippen LogP contribution in [0.15, 0.2) is 24.3 Å². The van der Waals surface area contributed by atoms with Gasteiger partial charge in [-0.2, -0.15) is 0 Å². The van der Waals surface area contributed by atoms with Gasteiger partial charge in [0.2, 0.25) is 0 Å². The molecule has 0 heterocycles. The van der Waals surface area contributed by atoms with E-state index in [9.17, 15) is 4.79 Å². The maximum Gasteiger partial charge on any atom is 0.260 e. The molecular weight excluding hydrogens is 268 g/mol. The Morgan fingerprint density at radius 3 is 2.76 bits per heavy atom. The number of carbonyl (C=O) groups excluding carboxylic acids is 1. The second-order valence-electron chi connectivity index (χ2n) is 4.98. The molecule has 1 aromatic carbocycles. The number of ether oxygens (including phenoxy) is 2. The lowest BCUT2D eigenvalue weighted by atomic mass is 10.1. The molecule has 2 unspecified atom stereocenters. The Morgan fingerprint density at radius 1 is 1.33 bits per heavy atom. The normalized spacial score (nSPS) is 13.5. The fourth-order valence-corrected chi connectivity index (χ4v) is 1.85. The molecule has 118 valence electrons. The van der Waals surface area contributed by atoms with Gasteiger partial charge in [0.15, 0.2) is 6.10 Å². The summed E-state index contributed by atoms with van der Waals surface area (Å²) in [5.41, 5.74) is 1.13. The number of hydrogen-bond donors (Lipinski definition) is 2. The highest BCUT2D eigenvalue weighted by Gasteiger charge is 2.14. The fourth-order valence-electron chi connectivity index (χ4n) is 1.85. The minimum absolute atomic E-state index is 0.113. The van der Waals surface area contributed by atoms with Crippen molar-refractivity contribution in [2.75, 3.05) is 27.3 Å². The molecule has 0 aromatic heterocycles. The predicted octanol–water partition coefficient (Wildman–Crippen LogP) is 1.89. The van der Waals surface area contributed by atoms with E-state index in [1.165, 1.54) is 0 Å². The van der Waals surface area contributed by atoms with E-state index in [-0.39, 0.29) is 11.9 Å². The van der Waals surface area contributed by atoms with Crippen LogP contribution in [0.2, 0.25) is 0 Å². The lowest BCUT2D eigenvalue weighted by molar-refractivity contribution is -0.127. The Kier molecular flexibility index (Phi) is 7.79. The number of rotatable bonds is 9. The van der Waals surface area contributed by atoms with Gasteiger partial charge in [0.05, 0.1) is 0 Å². The zero-order chi connectivity index (χ0) is 15.7. The molecule has 21 heavy (non-hydrogen) atoms. The summed E-state index contributed by atoms with van der Waals surface area (Å²) in [7, 11) is 3.56. The molecular formula is C16H26N2O3. The van der Waals surface area contributed by atoms with Crippen LogP contribution < -0.4 is 15.4 Å². The van der Waals surface area contributed by atoms with Crippen LogP contribution in [0, 0.1) is 0 Å². The number of benzene rings is 1. The third-order valence-electron chi connectivity index (χ3n) is 3.30. The third kappa shape index (κ3) is 6.14. The highest BCUT2D eigenvalue weighted by molar-refractivity contribution is 5.80. The minimum atomic E-state index is -0.521. The monoisotopic (exact) mass is 294 g/mol. The molecule has 0 radical (unpaired) electrons. The molecule has 2 atom stereocenters. The zero-order valence-electron chi connectivity index (χ0n) is 13.3. The standard InChI is InChI=1S/C16H26N2O3/c1-12(17-3)14-7-5-8-15(11-14)21-13(2)16(19)18-9-6-10-20-4/h5,7-8,11-13,17H,6,9-10H2,1-4H3,(H,18,19). The van der Waals surface area contributed by atoms with E-state index in [0.29, 0.717) is 18.9 Å². The third-order valence-corrected chi connectivity index (χ3v) is 3.30. The Hall–Kier alpha value is -1.59. The van der Waals surface area contributed by atoms with Crippen LogP contribution >= 0.6 is 0 Å². The van der Waals surface area contributed by atoms with Gasteiger partial charge < -0.3 is 20.1 Å². The molecule has 0 saturated carbocycles. The number of hydrogen-bond acceptors (Lipinski definition) is 4. The highest BCUT2D eigenvalue weighted by Crippen LogP contribution is 2.19. The molecule has 2 N–H and O–H groups in total. The summed E-state index contributed by atoms with van der Waals surface area (Å²) in [6.45, 7) is 5.06. The van der Waals surface area contributed by atoms with Crippen molar-refractivity contribution < 1.29 is 14.3 Å². The first-order valence-electron chi connectivity index (χ1n) is 7.29. The Balaban J connectivity index is 2.50. The van der Waals surface area contributed by atoms with Gasteiger partial charge in [-0.3, -0.25) is 4.79 Å². The summed E-state index contributed by atoms with van der Waals surface area (Å²) in [6.07, 6.45) is 0.275. The molecule has 5 heteroatoms. The summed E-state index contributed by atoms with van der Waals surface area (Å²) in [4.78, 5) is 11.9. The lowest BCUT2D eigenvalue weighted by Crippen LogP contribution is -2.37. The van der Waals surface area contributed by atoms with Crippen LogP contribution in [0.3, 0.4) is 0 Å². The SMILES string of the molecule is CNC(C)c1cccc(OC(C)C(=O)NCCCOC)c1. The summed E-state index contributed by atoms with van der Waals surface area (Å²) in [5, 5.41) is 6.01. The summed E-state index contributed by atoms with van der Waals surface area (Å²) >= 11 is 0. The summed E-state index contributed by atoms with van der Waals surface area (Å²) in [5.74, 6) is 0.590. The van der Waals surface area contributed by atoms with Gasteiger partial charge >= 0.3 is 0 Å². The van der Waals surface area contributed by atoms with E-state index in [4.69, 9.17) is 9.47 Å². The van der Waals surface area contributed by atoms with Gasteiger partial charge in [0, 0.05) is 26.3 Å². The van der Waals surface area contributed by atoms with Crippen LogP contribution in [-0.4, -0.2) is 39.3 Å². The largest absolute Gasteiger partial charge is 0.481 e. The zero-order valence-corrected chi connectivity index (χ0v) is 13.3. The van der Waals surface area contributed by atoms with Crippen molar-refractivity contribution in [2.45, 2.75) is 32.4 Å². The van der Waals surface area contributed by atoms with Gasteiger partial charge in [-0.15, -0.1) is 0 Å². The van der Waals surface area contributed by atoms with Gasteiger partial charge in [-0.1, -0.05) is 12.1 Å². The average molecular weight is 294 g/mol. The molecule has 0 aliphatic heterocycles. The van der Waals surface area contributed by atoms with Gasteiger partial charge in [-0.25, -0.2) is 0 Å². The van der Waals surface area contributed by atoms with Gasteiger partial charge in [0.25, 0.3) is 5.91 Å². The molecule has 0 saturated heterocycles. The second kappa shape index (κ2) is 9.37. The molecule has 1 amide bonds.